The number of fused-ring (bicyclic) bond motifs is 3. The summed E-state index contributed by atoms with van der Waals surface area (Å²) in [5.41, 5.74) is 11.1. The van der Waals surface area contributed by atoms with E-state index < -0.39 is 0 Å². The number of benzene rings is 7. The molecule has 4 heteroatoms. The van der Waals surface area contributed by atoms with Crippen LogP contribution in [0.2, 0.25) is 0 Å². The number of rotatable bonds is 6. The summed E-state index contributed by atoms with van der Waals surface area (Å²) in [5, 5.41) is 2.07. The molecule has 0 radical (unpaired) electrons. The maximum atomic E-state index is 6.84. The molecule has 2 heterocycles. The highest BCUT2D eigenvalue weighted by Gasteiger charge is 2.19. The van der Waals surface area contributed by atoms with Gasteiger partial charge in [-0.25, -0.2) is 15.0 Å². The van der Waals surface area contributed by atoms with Crippen molar-refractivity contribution in [3.63, 3.8) is 0 Å². The summed E-state index contributed by atoms with van der Waals surface area (Å²) in [5.74, 6) is 1.80. The molecule has 0 fully saturated rings. The van der Waals surface area contributed by atoms with Crippen LogP contribution in [0, 0.1) is 0 Å². The lowest BCUT2D eigenvalue weighted by Gasteiger charge is -2.09. The number of para-hydroxylation sites is 2. The van der Waals surface area contributed by atoms with Crippen molar-refractivity contribution in [2.45, 2.75) is 0 Å². The molecule has 230 valence electrons. The zero-order chi connectivity index (χ0) is 32.6. The minimum atomic E-state index is 0.569. The van der Waals surface area contributed by atoms with E-state index >= 15 is 0 Å². The van der Waals surface area contributed by atoms with Gasteiger partial charge in [-0.1, -0.05) is 158 Å². The Balaban J connectivity index is 1.18. The first-order valence-corrected chi connectivity index (χ1v) is 16.4. The van der Waals surface area contributed by atoms with Crippen LogP contribution in [0.4, 0.5) is 0 Å². The average Bonchev–Trinajstić information content (AvgIpc) is 3.58. The maximum absolute atomic E-state index is 6.84. The van der Waals surface area contributed by atoms with Gasteiger partial charge in [-0.3, -0.25) is 0 Å². The molecule has 0 aliphatic heterocycles. The summed E-state index contributed by atoms with van der Waals surface area (Å²) in [4.78, 5) is 14.9. The molecule has 0 saturated carbocycles. The third-order valence-electron chi connectivity index (χ3n) is 8.94. The number of hydrogen-bond acceptors (Lipinski definition) is 4. The Labute approximate surface area is 284 Å². The van der Waals surface area contributed by atoms with E-state index in [2.05, 4.69) is 97.1 Å². The molecule has 0 saturated heterocycles. The van der Waals surface area contributed by atoms with Gasteiger partial charge in [-0.05, 0) is 46.0 Å². The normalized spacial score (nSPS) is 11.3. The van der Waals surface area contributed by atoms with Crippen LogP contribution in [0.25, 0.3) is 89.5 Å². The van der Waals surface area contributed by atoms with Gasteiger partial charge in [0.25, 0.3) is 0 Å². The molecule has 0 atom stereocenters. The van der Waals surface area contributed by atoms with Crippen molar-refractivity contribution < 1.29 is 4.42 Å². The highest BCUT2D eigenvalue weighted by molar-refractivity contribution is 6.12. The Bertz CT molecular complexity index is 2540. The fourth-order valence-corrected chi connectivity index (χ4v) is 6.53. The van der Waals surface area contributed by atoms with Crippen LogP contribution in [0.1, 0.15) is 0 Å². The first-order valence-electron chi connectivity index (χ1n) is 16.4. The van der Waals surface area contributed by atoms with Crippen molar-refractivity contribution in [3.8, 4) is 67.5 Å². The Hall–Kier alpha value is -6.65. The number of nitrogens with zero attached hydrogens (tertiary/aromatic N) is 3. The molecule has 49 heavy (non-hydrogen) atoms. The van der Waals surface area contributed by atoms with Crippen LogP contribution < -0.4 is 0 Å². The predicted octanol–water partition coefficient (Wildman–Crippen LogP) is 11.8. The van der Waals surface area contributed by atoms with Crippen molar-refractivity contribution in [2.75, 3.05) is 0 Å². The summed E-state index contributed by atoms with van der Waals surface area (Å²) in [6, 6.07) is 60.5. The molecule has 0 amide bonds. The quantitative estimate of drug-likeness (QED) is 0.184. The molecule has 9 aromatic rings. The molecular formula is C45H29N3O. The van der Waals surface area contributed by atoms with E-state index in [1.165, 1.54) is 16.7 Å². The van der Waals surface area contributed by atoms with Gasteiger partial charge >= 0.3 is 0 Å². The second-order valence-corrected chi connectivity index (χ2v) is 12.0. The first kappa shape index (κ1) is 28.6. The molecule has 9 rings (SSSR count). The van der Waals surface area contributed by atoms with E-state index in [1.54, 1.807) is 0 Å². The van der Waals surface area contributed by atoms with Crippen LogP contribution in [0.15, 0.2) is 180 Å². The smallest absolute Gasteiger partial charge is 0.167 e. The highest BCUT2D eigenvalue weighted by Crippen LogP contribution is 2.40. The SMILES string of the molecule is c1ccc(-c2cccc(-c3cccc(-c4cccc5c4oc4c(-c6nc(-c7ccccc7)nc(-c7ccccc7)n6)cccc45)c3)c2)cc1. The molecule has 0 bridgehead atoms. The maximum Gasteiger partial charge on any atom is 0.167 e. The van der Waals surface area contributed by atoms with Gasteiger partial charge in [0, 0.05) is 27.5 Å². The predicted molar refractivity (Wildman–Crippen MR) is 200 cm³/mol. The molecule has 0 aliphatic carbocycles. The second kappa shape index (κ2) is 12.2. The molecule has 0 spiro atoms. The van der Waals surface area contributed by atoms with Gasteiger partial charge in [0.2, 0.25) is 0 Å². The Morgan fingerprint density at radius 3 is 1.24 bits per heavy atom. The molecule has 0 aliphatic rings. The van der Waals surface area contributed by atoms with Crippen molar-refractivity contribution in [2.24, 2.45) is 0 Å². The zero-order valence-corrected chi connectivity index (χ0v) is 26.5. The van der Waals surface area contributed by atoms with Crippen molar-refractivity contribution >= 4 is 21.9 Å². The standard InChI is InChI=1S/C45H29N3O/c1-4-14-30(15-5-1)33-20-10-21-34(28-33)35-22-11-23-36(29-35)37-24-12-25-38-39-26-13-27-40(42(39)49-41(37)38)45-47-43(31-16-6-2-7-17-31)46-44(48-45)32-18-8-3-9-19-32/h1-29H. The van der Waals surface area contributed by atoms with Gasteiger partial charge in [0.1, 0.15) is 11.2 Å². The van der Waals surface area contributed by atoms with E-state index in [4.69, 9.17) is 19.4 Å². The van der Waals surface area contributed by atoms with E-state index in [9.17, 15) is 0 Å². The fourth-order valence-electron chi connectivity index (χ4n) is 6.53. The third kappa shape index (κ3) is 5.35. The van der Waals surface area contributed by atoms with Crippen molar-refractivity contribution in [1.82, 2.24) is 15.0 Å². The fraction of sp³-hybridized carbons (Fsp3) is 0. The molecule has 0 unspecified atom stereocenters. The molecule has 4 nitrogen and oxygen atoms in total. The first-order chi connectivity index (χ1) is 24.3. The van der Waals surface area contributed by atoms with Gasteiger partial charge in [-0.15, -0.1) is 0 Å². The van der Waals surface area contributed by atoms with Gasteiger partial charge < -0.3 is 4.42 Å². The van der Waals surface area contributed by atoms with Crippen LogP contribution >= 0.6 is 0 Å². The summed E-state index contributed by atoms with van der Waals surface area (Å²) in [6.07, 6.45) is 0. The van der Waals surface area contributed by atoms with Crippen LogP contribution in [-0.4, -0.2) is 15.0 Å². The Morgan fingerprint density at radius 2 is 0.673 bits per heavy atom. The van der Waals surface area contributed by atoms with Crippen LogP contribution in [0.5, 0.6) is 0 Å². The van der Waals surface area contributed by atoms with E-state index in [0.717, 1.165) is 55.3 Å². The number of hydrogen-bond donors (Lipinski definition) is 0. The number of aromatic nitrogens is 3. The molecular weight excluding hydrogens is 599 g/mol. The molecule has 7 aromatic carbocycles. The summed E-state index contributed by atoms with van der Waals surface area (Å²) >= 11 is 0. The lowest BCUT2D eigenvalue weighted by molar-refractivity contribution is 0.670. The largest absolute Gasteiger partial charge is 0.455 e. The molecule has 2 aromatic heterocycles. The van der Waals surface area contributed by atoms with Crippen LogP contribution in [-0.2, 0) is 0 Å². The Morgan fingerprint density at radius 1 is 0.286 bits per heavy atom. The minimum absolute atomic E-state index is 0.569. The average molecular weight is 628 g/mol. The zero-order valence-electron chi connectivity index (χ0n) is 26.5. The Kier molecular flexibility index (Phi) is 7.10. The molecule has 0 N–H and O–H groups in total. The lowest BCUT2D eigenvalue weighted by Crippen LogP contribution is -2.00. The third-order valence-corrected chi connectivity index (χ3v) is 8.94. The van der Waals surface area contributed by atoms with E-state index in [0.29, 0.717) is 17.5 Å². The van der Waals surface area contributed by atoms with Gasteiger partial charge in [0.15, 0.2) is 17.5 Å². The topological polar surface area (TPSA) is 51.8 Å². The van der Waals surface area contributed by atoms with Gasteiger partial charge in [0.05, 0.1) is 5.56 Å². The highest BCUT2D eigenvalue weighted by atomic mass is 16.3. The monoisotopic (exact) mass is 627 g/mol. The van der Waals surface area contributed by atoms with E-state index in [-0.39, 0.29) is 0 Å². The second-order valence-electron chi connectivity index (χ2n) is 12.0. The lowest BCUT2D eigenvalue weighted by atomic mass is 9.95. The summed E-state index contributed by atoms with van der Waals surface area (Å²) in [7, 11) is 0. The van der Waals surface area contributed by atoms with Crippen LogP contribution in [0.3, 0.4) is 0 Å². The minimum Gasteiger partial charge on any atom is -0.455 e. The van der Waals surface area contributed by atoms with Crippen molar-refractivity contribution in [1.29, 1.82) is 0 Å². The summed E-state index contributed by atoms with van der Waals surface area (Å²) < 4.78 is 6.84. The summed E-state index contributed by atoms with van der Waals surface area (Å²) in [6.45, 7) is 0. The van der Waals surface area contributed by atoms with Gasteiger partial charge in [-0.2, -0.15) is 0 Å². The van der Waals surface area contributed by atoms with Crippen molar-refractivity contribution in [3.05, 3.63) is 176 Å². The number of furan rings is 1. The van der Waals surface area contributed by atoms with E-state index in [1.807, 2.05) is 78.9 Å².